The smallest absolute Gasteiger partial charge is 0.411 e. The van der Waals surface area contributed by atoms with Gasteiger partial charge in [-0.2, -0.15) is 10.4 Å². The van der Waals surface area contributed by atoms with Gasteiger partial charge in [0.05, 0.1) is 41.5 Å². The Bertz CT molecular complexity index is 1610. The molecule has 0 aliphatic heterocycles. The van der Waals surface area contributed by atoms with Crippen LogP contribution in [0.1, 0.15) is 23.1 Å². The first-order chi connectivity index (χ1) is 19.1. The van der Waals surface area contributed by atoms with Gasteiger partial charge in [-0.3, -0.25) is 10.3 Å². The molecule has 0 fully saturated rings. The van der Waals surface area contributed by atoms with E-state index >= 15 is 0 Å². The van der Waals surface area contributed by atoms with Crippen LogP contribution >= 0.6 is 0 Å². The van der Waals surface area contributed by atoms with Crippen LogP contribution in [0.15, 0.2) is 91.5 Å². The van der Waals surface area contributed by atoms with Crippen molar-refractivity contribution in [2.45, 2.75) is 19.8 Å². The number of ether oxygens (including phenoxy) is 2. The highest BCUT2D eigenvalue weighted by Gasteiger charge is 2.17. The number of hydrogen-bond donors (Lipinski definition) is 2. The van der Waals surface area contributed by atoms with Gasteiger partial charge in [0.2, 0.25) is 0 Å². The number of aromatic nitrogens is 3. The molecule has 0 aliphatic carbocycles. The van der Waals surface area contributed by atoms with Crippen LogP contribution in [0, 0.1) is 18.3 Å². The number of nitrogens with one attached hydrogen (secondary N) is 2. The van der Waals surface area contributed by atoms with E-state index in [9.17, 15) is 10.1 Å². The Morgan fingerprint density at radius 1 is 1.03 bits per heavy atom. The summed E-state index contributed by atoms with van der Waals surface area (Å²) >= 11 is 0. The molecule has 0 saturated heterocycles. The van der Waals surface area contributed by atoms with Crippen LogP contribution in [0.3, 0.4) is 0 Å². The van der Waals surface area contributed by atoms with Crippen LogP contribution in [-0.2, 0) is 11.2 Å². The number of benzene rings is 2. The Kier molecular flexibility index (Phi) is 7.65. The third kappa shape index (κ3) is 6.14. The Labute approximate surface area is 225 Å². The number of fused-ring (bicyclic) bond motifs is 1. The molecule has 0 radical (unpaired) electrons. The summed E-state index contributed by atoms with van der Waals surface area (Å²) in [6.07, 6.45) is 7.62. The summed E-state index contributed by atoms with van der Waals surface area (Å²) in [6.45, 7) is 2.14. The average molecular weight is 519 g/mol. The molecule has 194 valence electrons. The largest absolute Gasteiger partial charge is 0.457 e. The summed E-state index contributed by atoms with van der Waals surface area (Å²) < 4.78 is 12.9. The van der Waals surface area contributed by atoms with Gasteiger partial charge in [-0.15, -0.1) is 0 Å². The molecule has 0 saturated carbocycles. The maximum atomic E-state index is 12.5. The molecule has 3 heterocycles. The Morgan fingerprint density at radius 2 is 1.82 bits per heavy atom. The van der Waals surface area contributed by atoms with Gasteiger partial charge in [0.25, 0.3) is 0 Å². The van der Waals surface area contributed by atoms with Crippen molar-refractivity contribution in [1.82, 2.24) is 14.6 Å². The van der Waals surface area contributed by atoms with E-state index in [0.717, 1.165) is 29.0 Å². The zero-order valence-corrected chi connectivity index (χ0v) is 21.3. The van der Waals surface area contributed by atoms with Gasteiger partial charge in [0, 0.05) is 23.6 Å². The van der Waals surface area contributed by atoms with E-state index in [1.165, 1.54) is 6.20 Å². The standard InChI is InChI=1S/C30H26N6O3/c1-21-27(35-30(37)38-16-6-8-22-7-5-15-32-18-22)20-36-29(21)28(23(17-31)19-33-36)34-24-11-13-26(14-12-24)39-25-9-3-2-4-10-25/h2-5,7,9-15,18-20,34H,6,8,16H2,1H3,(H,35,37). The quantitative estimate of drug-likeness (QED) is 0.211. The van der Waals surface area contributed by atoms with Gasteiger partial charge >= 0.3 is 6.09 Å². The third-order valence-electron chi connectivity index (χ3n) is 6.08. The zero-order chi connectivity index (χ0) is 27.0. The van der Waals surface area contributed by atoms with Crippen molar-refractivity contribution in [2.24, 2.45) is 0 Å². The van der Waals surface area contributed by atoms with Crippen molar-refractivity contribution in [3.63, 3.8) is 0 Å². The molecule has 39 heavy (non-hydrogen) atoms. The molecule has 0 spiro atoms. The predicted molar refractivity (Wildman–Crippen MR) is 148 cm³/mol. The predicted octanol–water partition coefficient (Wildman–Crippen LogP) is 6.63. The number of aryl methyl sites for hydroxylation is 2. The van der Waals surface area contributed by atoms with Gasteiger partial charge in [-0.05, 0) is 67.8 Å². The summed E-state index contributed by atoms with van der Waals surface area (Å²) in [5.74, 6) is 1.44. The monoisotopic (exact) mass is 518 g/mol. The van der Waals surface area contributed by atoms with E-state index in [2.05, 4.69) is 26.8 Å². The summed E-state index contributed by atoms with van der Waals surface area (Å²) in [6, 6.07) is 23.0. The molecule has 0 bridgehead atoms. The van der Waals surface area contributed by atoms with E-state index in [1.807, 2.05) is 73.7 Å². The van der Waals surface area contributed by atoms with Crippen LogP contribution in [0.25, 0.3) is 5.52 Å². The Balaban J connectivity index is 1.28. The van der Waals surface area contributed by atoms with Crippen molar-refractivity contribution in [3.05, 3.63) is 108 Å². The van der Waals surface area contributed by atoms with E-state index in [1.54, 1.807) is 23.1 Å². The van der Waals surface area contributed by atoms with Gasteiger partial charge in [0.1, 0.15) is 17.6 Å². The lowest BCUT2D eigenvalue weighted by Crippen LogP contribution is -2.14. The van der Waals surface area contributed by atoms with E-state index in [-0.39, 0.29) is 6.61 Å². The van der Waals surface area contributed by atoms with Crippen molar-refractivity contribution in [3.8, 4) is 17.6 Å². The molecule has 3 aromatic heterocycles. The van der Waals surface area contributed by atoms with Gasteiger partial charge in [0.15, 0.2) is 0 Å². The highest BCUT2D eigenvalue weighted by atomic mass is 16.5. The van der Waals surface area contributed by atoms with Crippen LogP contribution in [-0.4, -0.2) is 27.3 Å². The van der Waals surface area contributed by atoms with Gasteiger partial charge < -0.3 is 14.8 Å². The van der Waals surface area contributed by atoms with E-state index < -0.39 is 6.09 Å². The molecular weight excluding hydrogens is 492 g/mol. The fourth-order valence-corrected chi connectivity index (χ4v) is 4.13. The average Bonchev–Trinajstić information content (AvgIpc) is 3.28. The zero-order valence-electron chi connectivity index (χ0n) is 21.3. The van der Waals surface area contributed by atoms with Crippen LogP contribution in [0.5, 0.6) is 11.5 Å². The molecule has 5 rings (SSSR count). The normalized spacial score (nSPS) is 10.6. The highest BCUT2D eigenvalue weighted by Crippen LogP contribution is 2.33. The third-order valence-corrected chi connectivity index (χ3v) is 6.08. The minimum Gasteiger partial charge on any atom is -0.457 e. The second kappa shape index (κ2) is 11.8. The number of para-hydroxylation sites is 1. The molecule has 0 aliphatic rings. The first-order valence-corrected chi connectivity index (χ1v) is 12.4. The number of carbonyl (C=O) groups is 1. The molecule has 2 N–H and O–H groups in total. The Morgan fingerprint density at radius 3 is 2.56 bits per heavy atom. The molecule has 0 atom stereocenters. The lowest BCUT2D eigenvalue weighted by atomic mass is 10.1. The van der Waals surface area contributed by atoms with Crippen LogP contribution < -0.4 is 15.4 Å². The number of amides is 1. The van der Waals surface area contributed by atoms with E-state index in [4.69, 9.17) is 9.47 Å². The molecule has 9 heteroatoms. The fraction of sp³-hybridized carbons (Fsp3) is 0.133. The van der Waals surface area contributed by atoms with Gasteiger partial charge in [-0.1, -0.05) is 24.3 Å². The van der Waals surface area contributed by atoms with Crippen LogP contribution in [0.2, 0.25) is 0 Å². The second-order valence-corrected chi connectivity index (χ2v) is 8.80. The highest BCUT2D eigenvalue weighted by molar-refractivity contribution is 5.92. The molecule has 1 amide bonds. The molecule has 9 nitrogen and oxygen atoms in total. The van der Waals surface area contributed by atoms with E-state index in [0.29, 0.717) is 34.6 Å². The minimum absolute atomic E-state index is 0.279. The lowest BCUT2D eigenvalue weighted by molar-refractivity contribution is 0.160. The molecular formula is C30H26N6O3. The number of hydrogen-bond acceptors (Lipinski definition) is 7. The maximum Gasteiger partial charge on any atom is 0.411 e. The number of carbonyl (C=O) groups excluding carboxylic acids is 1. The molecule has 5 aromatic rings. The fourth-order valence-electron chi connectivity index (χ4n) is 4.13. The summed E-state index contributed by atoms with van der Waals surface area (Å²) in [7, 11) is 0. The summed E-state index contributed by atoms with van der Waals surface area (Å²) in [4.78, 5) is 16.6. The first kappa shape index (κ1) is 25.3. The second-order valence-electron chi connectivity index (χ2n) is 8.80. The molecule has 0 unspecified atom stereocenters. The number of anilines is 3. The first-order valence-electron chi connectivity index (χ1n) is 12.4. The van der Waals surface area contributed by atoms with Crippen molar-refractivity contribution in [1.29, 1.82) is 5.26 Å². The number of rotatable bonds is 9. The Hall–Kier alpha value is -5.36. The maximum absolute atomic E-state index is 12.5. The van der Waals surface area contributed by atoms with Crippen molar-refractivity contribution >= 4 is 28.7 Å². The topological polar surface area (TPSA) is 114 Å². The number of nitrogens with zero attached hydrogens (tertiary/aromatic N) is 4. The summed E-state index contributed by atoms with van der Waals surface area (Å²) in [5, 5.41) is 20.2. The van der Waals surface area contributed by atoms with Crippen molar-refractivity contribution < 1.29 is 14.3 Å². The van der Waals surface area contributed by atoms with Gasteiger partial charge in [-0.25, -0.2) is 9.31 Å². The molecule has 2 aromatic carbocycles. The minimum atomic E-state index is -0.552. The van der Waals surface area contributed by atoms with Crippen molar-refractivity contribution in [2.75, 3.05) is 17.2 Å². The number of pyridine rings is 1. The number of nitriles is 1. The SMILES string of the molecule is Cc1c(NC(=O)OCCCc2cccnc2)cn2ncc(C#N)c(Nc3ccc(Oc4ccccc4)cc3)c12. The van der Waals surface area contributed by atoms with Crippen LogP contribution in [0.4, 0.5) is 21.9 Å². The summed E-state index contributed by atoms with van der Waals surface area (Å²) in [5.41, 5.74) is 4.78. The lowest BCUT2D eigenvalue weighted by Gasteiger charge is -2.12.